The summed E-state index contributed by atoms with van der Waals surface area (Å²) in [5.74, 6) is 0.791. The van der Waals surface area contributed by atoms with Crippen molar-refractivity contribution in [2.75, 3.05) is 38.2 Å². The smallest absolute Gasteiger partial charge is 0.319 e. The predicted molar refractivity (Wildman–Crippen MR) is 129 cm³/mol. The molecule has 6 heteroatoms. The third-order valence-corrected chi connectivity index (χ3v) is 5.65. The Labute approximate surface area is 192 Å². The lowest BCUT2D eigenvalue weighted by molar-refractivity contribution is 0.0453. The van der Waals surface area contributed by atoms with E-state index in [4.69, 9.17) is 9.47 Å². The number of urea groups is 1. The van der Waals surface area contributed by atoms with Crippen LogP contribution < -0.4 is 10.6 Å². The van der Waals surface area contributed by atoms with Crippen LogP contribution in [-0.2, 0) is 29.2 Å². The molecule has 1 aliphatic heterocycles. The molecule has 0 spiro atoms. The van der Waals surface area contributed by atoms with E-state index in [1.807, 2.05) is 31.2 Å². The largest absolute Gasteiger partial charge is 0.379 e. The lowest BCUT2D eigenvalue weighted by Gasteiger charge is -2.30. The standard InChI is InChI=1S/C26H37N3O3/c1-3-31-14-15-32-20-24-7-4-8-25(16-24)28-26(30)27-17-22-9-11-23(12-10-22)19-29-13-5-6-21(2)18-29/h4,7-12,16,21H,3,5-6,13-15,17-20H2,1-2H3,(H2,27,28,30)/t21-/m0/s1. The van der Waals surface area contributed by atoms with Crippen LogP contribution in [-0.4, -0.2) is 43.8 Å². The fraction of sp³-hybridized carbons (Fsp3) is 0.500. The van der Waals surface area contributed by atoms with Crippen molar-refractivity contribution >= 4 is 11.7 Å². The zero-order valence-corrected chi connectivity index (χ0v) is 19.4. The van der Waals surface area contributed by atoms with Crippen LogP contribution in [0.3, 0.4) is 0 Å². The van der Waals surface area contributed by atoms with Gasteiger partial charge in [0.25, 0.3) is 0 Å². The third kappa shape index (κ3) is 8.61. The number of anilines is 1. The average Bonchev–Trinajstić information content (AvgIpc) is 2.79. The predicted octanol–water partition coefficient (Wildman–Crippen LogP) is 4.79. The van der Waals surface area contributed by atoms with Gasteiger partial charge in [-0.2, -0.15) is 0 Å². The van der Waals surface area contributed by atoms with Crippen LogP contribution in [0.2, 0.25) is 0 Å². The summed E-state index contributed by atoms with van der Waals surface area (Å²) in [6.07, 6.45) is 2.64. The minimum atomic E-state index is -0.217. The first kappa shape index (κ1) is 24.2. The van der Waals surface area contributed by atoms with Crippen LogP contribution in [0.15, 0.2) is 48.5 Å². The maximum Gasteiger partial charge on any atom is 0.319 e. The lowest BCUT2D eigenvalue weighted by atomic mass is 9.99. The average molecular weight is 440 g/mol. The molecule has 0 bridgehead atoms. The molecule has 2 aromatic carbocycles. The van der Waals surface area contributed by atoms with Crippen LogP contribution in [0.1, 0.15) is 43.4 Å². The molecule has 0 aliphatic carbocycles. The van der Waals surface area contributed by atoms with Gasteiger partial charge in [-0.25, -0.2) is 4.79 Å². The monoisotopic (exact) mass is 439 g/mol. The number of carbonyl (C=O) groups is 1. The molecular weight excluding hydrogens is 402 g/mol. The molecule has 0 unspecified atom stereocenters. The lowest BCUT2D eigenvalue weighted by Crippen LogP contribution is -2.33. The highest BCUT2D eigenvalue weighted by atomic mass is 16.5. The molecule has 1 atom stereocenters. The van der Waals surface area contributed by atoms with Crippen LogP contribution >= 0.6 is 0 Å². The molecule has 0 aromatic heterocycles. The molecule has 6 nitrogen and oxygen atoms in total. The summed E-state index contributed by atoms with van der Waals surface area (Å²) in [6.45, 7) is 10.5. The Morgan fingerprint density at radius 1 is 1.06 bits per heavy atom. The van der Waals surface area contributed by atoms with Crippen LogP contribution in [0.5, 0.6) is 0 Å². The summed E-state index contributed by atoms with van der Waals surface area (Å²) >= 11 is 0. The van der Waals surface area contributed by atoms with E-state index in [0.717, 1.165) is 29.3 Å². The summed E-state index contributed by atoms with van der Waals surface area (Å²) in [5.41, 5.74) is 4.18. The van der Waals surface area contributed by atoms with Crippen LogP contribution in [0.4, 0.5) is 10.5 Å². The first-order valence-electron chi connectivity index (χ1n) is 11.7. The molecule has 2 N–H and O–H groups in total. The number of ether oxygens (including phenoxy) is 2. The molecule has 1 fully saturated rings. The molecule has 0 radical (unpaired) electrons. The number of piperidine rings is 1. The van der Waals surface area contributed by atoms with Gasteiger partial charge in [-0.1, -0.05) is 43.3 Å². The van der Waals surface area contributed by atoms with Gasteiger partial charge in [0.1, 0.15) is 0 Å². The van der Waals surface area contributed by atoms with E-state index in [2.05, 4.69) is 46.7 Å². The van der Waals surface area contributed by atoms with Gasteiger partial charge < -0.3 is 20.1 Å². The minimum absolute atomic E-state index is 0.217. The van der Waals surface area contributed by atoms with Crippen LogP contribution in [0.25, 0.3) is 0 Å². The topological polar surface area (TPSA) is 62.8 Å². The van der Waals surface area contributed by atoms with Crippen molar-refractivity contribution in [2.24, 2.45) is 5.92 Å². The summed E-state index contributed by atoms with van der Waals surface area (Å²) in [6, 6.07) is 16.0. The second-order valence-electron chi connectivity index (χ2n) is 8.56. The highest BCUT2D eigenvalue weighted by Crippen LogP contribution is 2.18. The van der Waals surface area contributed by atoms with E-state index in [-0.39, 0.29) is 6.03 Å². The molecule has 1 aliphatic rings. The summed E-state index contributed by atoms with van der Waals surface area (Å²) in [7, 11) is 0. The number of amides is 2. The molecule has 1 saturated heterocycles. The zero-order chi connectivity index (χ0) is 22.6. The summed E-state index contributed by atoms with van der Waals surface area (Å²) < 4.78 is 10.9. The van der Waals surface area contributed by atoms with Gasteiger partial charge in [0, 0.05) is 31.9 Å². The van der Waals surface area contributed by atoms with Gasteiger partial charge in [0.15, 0.2) is 0 Å². The van der Waals surface area contributed by atoms with Gasteiger partial charge in [-0.3, -0.25) is 4.90 Å². The van der Waals surface area contributed by atoms with Gasteiger partial charge in [0.2, 0.25) is 0 Å². The Bertz CT molecular complexity index is 825. The first-order chi connectivity index (χ1) is 15.6. The number of rotatable bonds is 11. The van der Waals surface area contributed by atoms with Crippen molar-refractivity contribution in [3.63, 3.8) is 0 Å². The quantitative estimate of drug-likeness (QED) is 0.494. The van der Waals surface area contributed by atoms with Crippen molar-refractivity contribution < 1.29 is 14.3 Å². The number of nitrogens with zero attached hydrogens (tertiary/aromatic N) is 1. The van der Waals surface area contributed by atoms with E-state index >= 15 is 0 Å². The molecule has 2 aromatic rings. The number of likely N-dealkylation sites (tertiary alicyclic amines) is 1. The Morgan fingerprint density at radius 3 is 2.62 bits per heavy atom. The first-order valence-corrected chi connectivity index (χ1v) is 11.7. The van der Waals surface area contributed by atoms with Crippen molar-refractivity contribution in [1.29, 1.82) is 0 Å². The number of benzene rings is 2. The van der Waals surface area contributed by atoms with Crippen molar-refractivity contribution in [2.45, 2.75) is 46.4 Å². The Morgan fingerprint density at radius 2 is 1.84 bits per heavy atom. The molecule has 2 amide bonds. The minimum Gasteiger partial charge on any atom is -0.379 e. The fourth-order valence-corrected chi connectivity index (χ4v) is 4.00. The van der Waals surface area contributed by atoms with E-state index < -0.39 is 0 Å². The highest BCUT2D eigenvalue weighted by molar-refractivity contribution is 5.89. The fourth-order valence-electron chi connectivity index (χ4n) is 4.00. The third-order valence-electron chi connectivity index (χ3n) is 5.65. The van der Waals surface area contributed by atoms with Crippen molar-refractivity contribution in [1.82, 2.24) is 10.2 Å². The van der Waals surface area contributed by atoms with E-state index in [9.17, 15) is 4.79 Å². The number of hydrogen-bond donors (Lipinski definition) is 2. The Balaban J connectivity index is 1.39. The van der Waals surface area contributed by atoms with Crippen LogP contribution in [0, 0.1) is 5.92 Å². The number of nitrogens with one attached hydrogen (secondary N) is 2. The second kappa shape index (κ2) is 13.2. The van der Waals surface area contributed by atoms with Crippen molar-refractivity contribution in [3.05, 3.63) is 65.2 Å². The van der Waals surface area contributed by atoms with E-state index in [1.54, 1.807) is 0 Å². The van der Waals surface area contributed by atoms with Gasteiger partial charge >= 0.3 is 6.03 Å². The molecule has 0 saturated carbocycles. The molecule has 174 valence electrons. The summed E-state index contributed by atoms with van der Waals surface area (Å²) in [5, 5.41) is 5.83. The number of carbonyl (C=O) groups excluding carboxylic acids is 1. The Hall–Kier alpha value is -2.41. The SMILES string of the molecule is CCOCCOCc1cccc(NC(=O)NCc2ccc(CN3CCC[C@H](C)C3)cc2)c1. The van der Waals surface area contributed by atoms with Gasteiger partial charge in [-0.15, -0.1) is 0 Å². The number of hydrogen-bond acceptors (Lipinski definition) is 4. The van der Waals surface area contributed by atoms with Gasteiger partial charge in [0.05, 0.1) is 19.8 Å². The maximum absolute atomic E-state index is 12.3. The molecule has 32 heavy (non-hydrogen) atoms. The normalized spacial score (nSPS) is 16.6. The van der Waals surface area contributed by atoms with E-state index in [0.29, 0.717) is 33.0 Å². The maximum atomic E-state index is 12.3. The molecular formula is C26H37N3O3. The van der Waals surface area contributed by atoms with Crippen molar-refractivity contribution in [3.8, 4) is 0 Å². The Kier molecular flexibility index (Phi) is 10.0. The second-order valence-corrected chi connectivity index (χ2v) is 8.56. The molecule has 1 heterocycles. The van der Waals surface area contributed by atoms with E-state index in [1.165, 1.54) is 31.5 Å². The van der Waals surface area contributed by atoms with Gasteiger partial charge in [-0.05, 0) is 61.1 Å². The molecule has 3 rings (SSSR count). The highest BCUT2D eigenvalue weighted by Gasteiger charge is 2.16. The zero-order valence-electron chi connectivity index (χ0n) is 19.4. The summed E-state index contributed by atoms with van der Waals surface area (Å²) in [4.78, 5) is 14.8.